The Morgan fingerprint density at radius 2 is 1.93 bits per heavy atom. The largest absolute Gasteiger partial charge is 0.504 e. The van der Waals surface area contributed by atoms with Crippen molar-refractivity contribution >= 4 is 28.9 Å². The summed E-state index contributed by atoms with van der Waals surface area (Å²) >= 11 is 3.24. The lowest BCUT2D eigenvalue weighted by Gasteiger charge is -2.04. The lowest BCUT2D eigenvalue weighted by molar-refractivity contribution is 0.373. The second-order valence-corrected chi connectivity index (χ2v) is 8.27. The van der Waals surface area contributed by atoms with Crippen LogP contribution >= 0.6 is 22.7 Å². The van der Waals surface area contributed by atoms with E-state index in [0.717, 1.165) is 27.4 Å². The molecule has 0 atom stereocenters. The molecule has 2 heterocycles. The maximum absolute atomic E-state index is 10.0. The van der Waals surface area contributed by atoms with Gasteiger partial charge in [0.1, 0.15) is 0 Å². The molecule has 0 saturated carbocycles. The Hall–Kier alpha value is -3.16. The van der Waals surface area contributed by atoms with Crippen LogP contribution in [0.1, 0.15) is 11.1 Å². The Balaban J connectivity index is 1.64. The van der Waals surface area contributed by atoms with Crippen LogP contribution < -0.4 is 9.54 Å². The Morgan fingerprint density at radius 3 is 2.67 bits per heavy atom. The highest BCUT2D eigenvalue weighted by atomic mass is 32.1. The monoisotopic (exact) mass is 435 g/mol. The maximum atomic E-state index is 10.0. The van der Waals surface area contributed by atoms with Crippen molar-refractivity contribution < 1.29 is 9.84 Å². The number of methoxy groups -OCH3 is 1. The van der Waals surface area contributed by atoms with Crippen molar-refractivity contribution in [1.29, 1.82) is 0 Å². The van der Waals surface area contributed by atoms with Crippen molar-refractivity contribution in [2.45, 2.75) is 6.42 Å². The van der Waals surface area contributed by atoms with Crippen molar-refractivity contribution in [3.8, 4) is 22.1 Å². The number of rotatable bonds is 7. The molecule has 0 radical (unpaired) electrons. The van der Waals surface area contributed by atoms with Gasteiger partial charge in [-0.05, 0) is 47.2 Å². The smallest absolute Gasteiger partial charge is 0.206 e. The minimum Gasteiger partial charge on any atom is -0.504 e. The normalized spacial score (nSPS) is 12.0. The second kappa shape index (κ2) is 9.56. The highest BCUT2D eigenvalue weighted by molar-refractivity contribution is 7.14. The molecule has 5 nitrogen and oxygen atoms in total. The van der Waals surface area contributed by atoms with E-state index in [4.69, 9.17) is 9.73 Å². The Bertz CT molecular complexity index is 1190. The van der Waals surface area contributed by atoms with Crippen molar-refractivity contribution in [2.75, 3.05) is 13.7 Å². The first-order chi connectivity index (χ1) is 14.7. The van der Waals surface area contributed by atoms with Gasteiger partial charge in [0.15, 0.2) is 11.5 Å². The summed E-state index contributed by atoms with van der Waals surface area (Å²) in [4.78, 5) is 6.76. The van der Waals surface area contributed by atoms with E-state index in [-0.39, 0.29) is 5.75 Å². The molecule has 0 aliphatic heterocycles. The number of thiophene rings is 1. The maximum Gasteiger partial charge on any atom is 0.206 e. The summed E-state index contributed by atoms with van der Waals surface area (Å²) in [7, 11) is 1.53. The average molecular weight is 436 g/mol. The molecule has 0 unspecified atom stereocenters. The molecule has 0 bridgehead atoms. The van der Waals surface area contributed by atoms with Gasteiger partial charge in [0.05, 0.1) is 23.9 Å². The zero-order valence-corrected chi connectivity index (χ0v) is 18.1. The molecule has 2 aromatic carbocycles. The van der Waals surface area contributed by atoms with Crippen LogP contribution in [0.15, 0.2) is 81.5 Å². The van der Waals surface area contributed by atoms with Gasteiger partial charge >= 0.3 is 0 Å². The molecule has 0 spiro atoms. The molecule has 0 aliphatic carbocycles. The lowest BCUT2D eigenvalue weighted by Crippen LogP contribution is -2.13. The Morgan fingerprint density at radius 1 is 1.07 bits per heavy atom. The summed E-state index contributed by atoms with van der Waals surface area (Å²) in [6.07, 6.45) is 2.60. The molecule has 152 valence electrons. The Labute approximate surface area is 182 Å². The van der Waals surface area contributed by atoms with Gasteiger partial charge in [-0.3, -0.25) is 4.99 Å². The fourth-order valence-corrected chi connectivity index (χ4v) is 4.61. The van der Waals surface area contributed by atoms with Crippen LogP contribution in [0.5, 0.6) is 11.5 Å². The molecule has 0 saturated heterocycles. The molecule has 2 aromatic heterocycles. The predicted molar refractivity (Wildman–Crippen MR) is 124 cm³/mol. The van der Waals surface area contributed by atoms with E-state index in [9.17, 15) is 5.11 Å². The molecule has 4 aromatic rings. The average Bonchev–Trinajstić information content (AvgIpc) is 3.43. The van der Waals surface area contributed by atoms with Gasteiger partial charge in [-0.15, -0.1) is 22.7 Å². The molecule has 0 fully saturated rings. The van der Waals surface area contributed by atoms with E-state index in [1.807, 2.05) is 35.0 Å². The number of hydrogen-bond donors (Lipinski definition) is 1. The summed E-state index contributed by atoms with van der Waals surface area (Å²) in [5.74, 6) is 0.522. The van der Waals surface area contributed by atoms with Crippen molar-refractivity contribution in [3.63, 3.8) is 0 Å². The molecule has 1 N–H and O–H groups in total. The zero-order chi connectivity index (χ0) is 20.8. The third-order valence-electron chi connectivity index (χ3n) is 4.47. The fourth-order valence-electron chi connectivity index (χ4n) is 2.95. The standard InChI is InChI=1S/C23H21N3O2S2/c1-28-21-10-9-18(14-20(21)27)15-25-26-19(22-8-5-13-29-22)16-30-23(26)24-12-11-17-6-3-2-4-7-17/h2-10,13-16,27H,11-12H2,1H3. The van der Waals surface area contributed by atoms with Gasteiger partial charge < -0.3 is 9.84 Å². The van der Waals surface area contributed by atoms with Crippen LogP contribution in [0.3, 0.4) is 0 Å². The number of nitrogens with zero attached hydrogens (tertiary/aromatic N) is 3. The van der Waals surface area contributed by atoms with Crippen LogP contribution in [0.2, 0.25) is 0 Å². The number of thiazole rings is 1. The van der Waals surface area contributed by atoms with Gasteiger partial charge in [0.2, 0.25) is 4.80 Å². The number of aromatic nitrogens is 1. The highest BCUT2D eigenvalue weighted by Crippen LogP contribution is 2.27. The number of ether oxygens (including phenoxy) is 1. The first-order valence-electron chi connectivity index (χ1n) is 9.45. The van der Waals surface area contributed by atoms with Crippen LogP contribution in [0, 0.1) is 0 Å². The number of aromatic hydroxyl groups is 1. The molecule has 4 rings (SSSR count). The van der Waals surface area contributed by atoms with E-state index in [0.29, 0.717) is 12.3 Å². The lowest BCUT2D eigenvalue weighted by atomic mass is 10.2. The van der Waals surface area contributed by atoms with Gasteiger partial charge in [0.25, 0.3) is 0 Å². The highest BCUT2D eigenvalue weighted by Gasteiger charge is 2.08. The van der Waals surface area contributed by atoms with Gasteiger partial charge in [-0.1, -0.05) is 36.4 Å². The molecular formula is C23H21N3O2S2. The van der Waals surface area contributed by atoms with Crippen molar-refractivity contribution in [3.05, 3.63) is 87.4 Å². The Kier molecular flexibility index (Phi) is 6.41. The number of phenolic OH excluding ortho intramolecular Hbond substituents is 1. The van der Waals surface area contributed by atoms with E-state index >= 15 is 0 Å². The molecular weight excluding hydrogens is 414 g/mol. The van der Waals surface area contributed by atoms with Crippen LogP contribution in [-0.2, 0) is 6.42 Å². The first kappa shape index (κ1) is 20.1. The third kappa shape index (κ3) is 4.69. The topological polar surface area (TPSA) is 59.1 Å². The first-order valence-corrected chi connectivity index (χ1v) is 11.2. The van der Waals surface area contributed by atoms with E-state index in [1.165, 1.54) is 12.7 Å². The summed E-state index contributed by atoms with van der Waals surface area (Å²) in [5.41, 5.74) is 3.04. The molecule has 0 amide bonds. The van der Waals surface area contributed by atoms with E-state index < -0.39 is 0 Å². The molecule has 7 heteroatoms. The quantitative estimate of drug-likeness (QED) is 0.415. The van der Waals surface area contributed by atoms with E-state index in [1.54, 1.807) is 41.0 Å². The second-order valence-electron chi connectivity index (χ2n) is 6.49. The van der Waals surface area contributed by atoms with Crippen LogP contribution in [0.4, 0.5) is 0 Å². The third-order valence-corrected chi connectivity index (χ3v) is 6.22. The van der Waals surface area contributed by atoms with Gasteiger partial charge in [0, 0.05) is 11.9 Å². The summed E-state index contributed by atoms with van der Waals surface area (Å²) in [5, 5.41) is 18.8. The summed E-state index contributed by atoms with van der Waals surface area (Å²) < 4.78 is 6.97. The summed E-state index contributed by atoms with van der Waals surface area (Å²) in [6.45, 7) is 0.688. The van der Waals surface area contributed by atoms with Crippen molar-refractivity contribution in [2.24, 2.45) is 10.1 Å². The van der Waals surface area contributed by atoms with Crippen molar-refractivity contribution in [1.82, 2.24) is 4.68 Å². The zero-order valence-electron chi connectivity index (χ0n) is 16.4. The minimum atomic E-state index is 0.0861. The number of phenols is 1. The van der Waals surface area contributed by atoms with Gasteiger partial charge in [-0.2, -0.15) is 5.10 Å². The van der Waals surface area contributed by atoms with Gasteiger partial charge in [-0.25, -0.2) is 4.68 Å². The summed E-state index contributed by atoms with van der Waals surface area (Å²) in [6, 6.07) is 19.7. The number of hydrogen-bond acceptors (Lipinski definition) is 6. The predicted octanol–water partition coefficient (Wildman–Crippen LogP) is 5.02. The SMILES string of the molecule is COc1ccc(C=Nn2c(-c3cccs3)csc2=NCCc2ccccc2)cc1O. The van der Waals surface area contributed by atoms with E-state index in [2.05, 4.69) is 34.1 Å². The number of benzene rings is 2. The minimum absolute atomic E-state index is 0.0861. The molecule has 30 heavy (non-hydrogen) atoms. The fraction of sp³-hybridized carbons (Fsp3) is 0.130. The van der Waals surface area contributed by atoms with Crippen LogP contribution in [-0.4, -0.2) is 29.7 Å². The van der Waals surface area contributed by atoms with Crippen LogP contribution in [0.25, 0.3) is 10.6 Å². The molecule has 0 aliphatic rings.